The Hall–Kier alpha value is -2.29. The number of rotatable bonds is 4. The van der Waals surface area contributed by atoms with E-state index in [1.165, 1.54) is 0 Å². The third-order valence-corrected chi connectivity index (χ3v) is 5.52. The highest BCUT2D eigenvalue weighted by Gasteiger charge is 2.19. The molecule has 27 heavy (non-hydrogen) atoms. The fourth-order valence-electron chi connectivity index (χ4n) is 3.08. The van der Waals surface area contributed by atoms with Crippen LogP contribution in [0.5, 0.6) is 0 Å². The summed E-state index contributed by atoms with van der Waals surface area (Å²) in [6, 6.07) is 7.74. The Bertz CT molecular complexity index is 977. The number of halogens is 1. The van der Waals surface area contributed by atoms with E-state index in [0.717, 1.165) is 48.4 Å². The molecule has 0 unspecified atom stereocenters. The second-order valence-corrected chi connectivity index (χ2v) is 7.28. The van der Waals surface area contributed by atoms with Gasteiger partial charge >= 0.3 is 0 Å². The molecule has 7 nitrogen and oxygen atoms in total. The van der Waals surface area contributed by atoms with E-state index in [0.29, 0.717) is 11.4 Å². The van der Waals surface area contributed by atoms with Gasteiger partial charge in [-0.1, -0.05) is 17.7 Å². The van der Waals surface area contributed by atoms with Crippen molar-refractivity contribution >= 4 is 29.8 Å². The largest absolute Gasteiger partial charge is 0.338 e. The van der Waals surface area contributed by atoms with Gasteiger partial charge in [0.2, 0.25) is 10.7 Å². The Balaban J connectivity index is 1.43. The lowest BCUT2D eigenvalue weighted by molar-refractivity contribution is 0.193. The van der Waals surface area contributed by atoms with Crippen LogP contribution in [0.25, 0.3) is 5.69 Å². The molecule has 3 aromatic rings. The van der Waals surface area contributed by atoms with Gasteiger partial charge in [-0.3, -0.25) is 9.47 Å². The van der Waals surface area contributed by atoms with Crippen molar-refractivity contribution in [3.05, 3.63) is 58.3 Å². The fourth-order valence-corrected chi connectivity index (χ4v) is 3.51. The molecule has 140 valence electrons. The second kappa shape index (κ2) is 7.75. The van der Waals surface area contributed by atoms with Crippen LogP contribution in [0, 0.1) is 11.7 Å². The van der Waals surface area contributed by atoms with Gasteiger partial charge in [0.1, 0.15) is 6.33 Å². The minimum atomic E-state index is 0.656. The van der Waals surface area contributed by atoms with Crippen LogP contribution in [-0.2, 0) is 6.67 Å². The van der Waals surface area contributed by atoms with Crippen LogP contribution >= 0.6 is 23.8 Å². The van der Waals surface area contributed by atoms with Crippen molar-refractivity contribution < 1.29 is 0 Å². The highest BCUT2D eigenvalue weighted by molar-refractivity contribution is 7.71. The van der Waals surface area contributed by atoms with Crippen molar-refractivity contribution in [2.24, 2.45) is 0 Å². The van der Waals surface area contributed by atoms with Gasteiger partial charge in [0, 0.05) is 43.6 Å². The maximum absolute atomic E-state index is 6.25. The molecular weight excluding hydrogens is 382 g/mol. The maximum Gasteiger partial charge on any atom is 0.225 e. The molecule has 3 heterocycles. The lowest BCUT2D eigenvalue weighted by Crippen LogP contribution is -2.47. The van der Waals surface area contributed by atoms with E-state index in [2.05, 4.69) is 24.9 Å². The predicted molar refractivity (Wildman–Crippen MR) is 108 cm³/mol. The van der Waals surface area contributed by atoms with Crippen LogP contribution in [0.4, 0.5) is 5.95 Å². The van der Waals surface area contributed by atoms with E-state index in [-0.39, 0.29) is 0 Å². The van der Waals surface area contributed by atoms with Crippen LogP contribution in [0.1, 0.15) is 5.56 Å². The first-order valence-electron chi connectivity index (χ1n) is 8.77. The number of benzene rings is 1. The van der Waals surface area contributed by atoms with E-state index in [4.69, 9.17) is 23.8 Å². The van der Waals surface area contributed by atoms with Gasteiger partial charge in [-0.15, -0.1) is 0 Å². The number of piperazine rings is 1. The van der Waals surface area contributed by atoms with Crippen LogP contribution in [0.15, 0.2) is 43.0 Å². The normalized spacial score (nSPS) is 15.3. The lowest BCUT2D eigenvalue weighted by Gasteiger charge is -2.34. The molecule has 9 heteroatoms. The monoisotopic (exact) mass is 401 g/mol. The number of nitrogens with zero attached hydrogens (tertiary/aromatic N) is 7. The Morgan fingerprint density at radius 2 is 1.85 bits per heavy atom. The molecular formula is C18H20ClN7S. The van der Waals surface area contributed by atoms with Gasteiger partial charge in [0.05, 0.1) is 12.4 Å². The molecule has 0 radical (unpaired) electrons. The van der Waals surface area contributed by atoms with Crippen molar-refractivity contribution in [1.29, 1.82) is 0 Å². The molecule has 0 aliphatic carbocycles. The Morgan fingerprint density at radius 3 is 2.56 bits per heavy atom. The van der Waals surface area contributed by atoms with Gasteiger partial charge in [-0.2, -0.15) is 5.10 Å². The first-order chi connectivity index (χ1) is 13.1. The summed E-state index contributed by atoms with van der Waals surface area (Å²) >= 11 is 11.9. The minimum Gasteiger partial charge on any atom is -0.338 e. The van der Waals surface area contributed by atoms with Crippen molar-refractivity contribution in [1.82, 2.24) is 29.2 Å². The summed E-state index contributed by atoms with van der Waals surface area (Å²) in [4.78, 5) is 13.2. The summed E-state index contributed by atoms with van der Waals surface area (Å²) in [7, 11) is 0. The summed E-state index contributed by atoms with van der Waals surface area (Å²) in [6.07, 6.45) is 5.30. The molecule has 0 bridgehead atoms. The van der Waals surface area contributed by atoms with E-state index in [1.807, 2.05) is 40.4 Å². The van der Waals surface area contributed by atoms with Gasteiger partial charge < -0.3 is 4.90 Å². The summed E-state index contributed by atoms with van der Waals surface area (Å²) in [6.45, 7) is 6.22. The van der Waals surface area contributed by atoms with Gasteiger partial charge in [0.15, 0.2) is 0 Å². The quantitative estimate of drug-likeness (QED) is 0.626. The van der Waals surface area contributed by atoms with E-state index in [9.17, 15) is 0 Å². The van der Waals surface area contributed by atoms with Crippen molar-refractivity contribution in [3.8, 4) is 5.69 Å². The van der Waals surface area contributed by atoms with E-state index >= 15 is 0 Å². The van der Waals surface area contributed by atoms with Gasteiger partial charge in [-0.05, 0) is 42.9 Å². The maximum atomic E-state index is 6.25. The lowest BCUT2D eigenvalue weighted by atomic mass is 10.2. The van der Waals surface area contributed by atoms with Gasteiger partial charge in [0.25, 0.3) is 0 Å². The zero-order valence-corrected chi connectivity index (χ0v) is 16.6. The zero-order chi connectivity index (χ0) is 18.8. The standard InChI is InChI=1S/C18H20ClN7S/c1-14-3-4-15(11-16(14)19)25-12-22-26(18(25)27)13-23-7-9-24(10-8-23)17-20-5-2-6-21-17/h2-6,11-12H,7-10,13H2,1H3. The Labute approximate surface area is 167 Å². The highest BCUT2D eigenvalue weighted by atomic mass is 35.5. The first-order valence-corrected chi connectivity index (χ1v) is 9.56. The first kappa shape index (κ1) is 18.1. The van der Waals surface area contributed by atoms with Crippen molar-refractivity contribution in [3.63, 3.8) is 0 Å². The van der Waals surface area contributed by atoms with Crippen LogP contribution in [-0.4, -0.2) is 55.4 Å². The number of aromatic nitrogens is 5. The molecule has 0 N–H and O–H groups in total. The number of aryl methyl sites for hydroxylation is 1. The van der Waals surface area contributed by atoms with Crippen molar-refractivity contribution in [2.75, 3.05) is 31.1 Å². The third-order valence-electron chi connectivity index (χ3n) is 4.71. The number of hydrogen-bond donors (Lipinski definition) is 0. The van der Waals surface area contributed by atoms with Crippen LogP contribution < -0.4 is 4.90 Å². The van der Waals surface area contributed by atoms with Crippen molar-refractivity contribution in [2.45, 2.75) is 13.6 Å². The summed E-state index contributed by atoms with van der Waals surface area (Å²) in [5.74, 6) is 0.786. The molecule has 4 rings (SSSR count). The summed E-state index contributed by atoms with van der Waals surface area (Å²) < 4.78 is 4.38. The fraction of sp³-hybridized carbons (Fsp3) is 0.333. The molecule has 0 atom stereocenters. The summed E-state index contributed by atoms with van der Waals surface area (Å²) in [5, 5.41) is 5.19. The predicted octanol–water partition coefficient (Wildman–Crippen LogP) is 2.93. The van der Waals surface area contributed by atoms with Crippen LogP contribution in [0.2, 0.25) is 5.02 Å². The average molecular weight is 402 g/mol. The molecule has 1 aliphatic rings. The summed E-state index contributed by atoms with van der Waals surface area (Å²) in [5.41, 5.74) is 1.97. The molecule has 2 aromatic heterocycles. The smallest absolute Gasteiger partial charge is 0.225 e. The minimum absolute atomic E-state index is 0.656. The Morgan fingerprint density at radius 1 is 1.11 bits per heavy atom. The molecule has 0 amide bonds. The second-order valence-electron chi connectivity index (χ2n) is 6.51. The molecule has 1 fully saturated rings. The highest BCUT2D eigenvalue weighted by Crippen LogP contribution is 2.20. The third kappa shape index (κ3) is 3.87. The SMILES string of the molecule is Cc1ccc(-n2cnn(CN3CCN(c4ncccn4)CC3)c2=S)cc1Cl. The number of hydrogen-bond acceptors (Lipinski definition) is 6. The molecule has 0 spiro atoms. The molecule has 0 saturated carbocycles. The topological polar surface area (TPSA) is 55.0 Å². The molecule has 1 aliphatic heterocycles. The van der Waals surface area contributed by atoms with E-state index in [1.54, 1.807) is 18.7 Å². The Kier molecular flexibility index (Phi) is 5.20. The van der Waals surface area contributed by atoms with E-state index < -0.39 is 0 Å². The van der Waals surface area contributed by atoms with Gasteiger partial charge in [-0.25, -0.2) is 14.6 Å². The number of anilines is 1. The van der Waals surface area contributed by atoms with Crippen LogP contribution in [0.3, 0.4) is 0 Å². The average Bonchev–Trinajstić information content (AvgIpc) is 3.06. The molecule has 1 saturated heterocycles. The zero-order valence-electron chi connectivity index (χ0n) is 15.0. The molecule has 1 aromatic carbocycles.